The molecule has 7 nitrogen and oxygen atoms in total. The van der Waals surface area contributed by atoms with Gasteiger partial charge in [0.25, 0.3) is 5.91 Å². The number of hydrogen-bond donors (Lipinski definition) is 3. The first-order valence-electron chi connectivity index (χ1n) is 5.88. The van der Waals surface area contributed by atoms with Gasteiger partial charge in [0.05, 0.1) is 5.75 Å². The summed E-state index contributed by atoms with van der Waals surface area (Å²) in [6.07, 6.45) is 0. The summed E-state index contributed by atoms with van der Waals surface area (Å²) in [5.41, 5.74) is 0.428. The molecule has 0 radical (unpaired) electrons. The maximum Gasteiger partial charge on any atom is 0.321 e. The highest BCUT2D eigenvalue weighted by atomic mass is 32.2. The zero-order chi connectivity index (χ0) is 15.2. The smallest absolute Gasteiger partial charge is 0.321 e. The zero-order valence-corrected chi connectivity index (χ0v) is 11.7. The van der Waals surface area contributed by atoms with Crippen LogP contribution in [-0.2, 0) is 14.8 Å². The number of carbonyl (C=O) groups is 2. The molecule has 1 aromatic rings. The molecule has 1 rings (SSSR count). The summed E-state index contributed by atoms with van der Waals surface area (Å²) in [5, 5.41) is 11.1. The summed E-state index contributed by atoms with van der Waals surface area (Å²) in [5.74, 6) is -2.03. The molecule has 1 aromatic carbocycles. The van der Waals surface area contributed by atoms with Gasteiger partial charge >= 0.3 is 5.97 Å². The number of amides is 1. The molecule has 8 heteroatoms. The van der Waals surface area contributed by atoms with Crippen LogP contribution in [0.5, 0.6) is 0 Å². The quantitative estimate of drug-likeness (QED) is 0.646. The van der Waals surface area contributed by atoms with Crippen molar-refractivity contribution in [2.75, 3.05) is 12.3 Å². The maximum absolute atomic E-state index is 11.6. The van der Waals surface area contributed by atoms with E-state index in [1.165, 1.54) is 6.92 Å². The lowest BCUT2D eigenvalue weighted by Gasteiger charge is -2.10. The van der Waals surface area contributed by atoms with Gasteiger partial charge in [0.1, 0.15) is 6.04 Å². The van der Waals surface area contributed by atoms with Crippen LogP contribution in [0.1, 0.15) is 17.3 Å². The molecular weight excluding hydrogens is 284 g/mol. The van der Waals surface area contributed by atoms with E-state index >= 15 is 0 Å². The lowest BCUT2D eigenvalue weighted by atomic mass is 10.2. The van der Waals surface area contributed by atoms with E-state index in [-0.39, 0.29) is 18.2 Å². The van der Waals surface area contributed by atoms with Crippen LogP contribution in [0.4, 0.5) is 0 Å². The average molecular weight is 300 g/mol. The van der Waals surface area contributed by atoms with Crippen molar-refractivity contribution in [1.29, 1.82) is 0 Å². The molecule has 0 aliphatic rings. The Balaban J connectivity index is 2.44. The molecule has 3 N–H and O–H groups in total. The Hall–Kier alpha value is -1.93. The van der Waals surface area contributed by atoms with Crippen LogP contribution in [0.2, 0.25) is 0 Å². The molecule has 20 heavy (non-hydrogen) atoms. The molecule has 0 aromatic heterocycles. The summed E-state index contributed by atoms with van der Waals surface area (Å²) in [7, 11) is -3.75. The fourth-order valence-corrected chi connectivity index (χ4v) is 2.50. The number of sulfonamides is 1. The first kappa shape index (κ1) is 16.1. The standard InChI is InChI=1S/C12H16N2O5S/c1-9(12(16)17)14-20(18,19)8-7-13-11(15)10-5-3-2-4-6-10/h2-6,9,14H,7-8H2,1H3,(H,13,15)(H,16,17)/t9-/m0/s1. The van der Waals surface area contributed by atoms with E-state index < -0.39 is 22.0 Å². The molecular formula is C12H16N2O5S. The van der Waals surface area contributed by atoms with Gasteiger partial charge in [-0.15, -0.1) is 0 Å². The molecule has 0 aliphatic heterocycles. The van der Waals surface area contributed by atoms with Crippen LogP contribution in [-0.4, -0.2) is 43.7 Å². The van der Waals surface area contributed by atoms with Crippen molar-refractivity contribution in [3.05, 3.63) is 35.9 Å². The lowest BCUT2D eigenvalue weighted by Crippen LogP contribution is -2.42. The molecule has 0 saturated carbocycles. The van der Waals surface area contributed by atoms with E-state index in [9.17, 15) is 18.0 Å². The van der Waals surface area contributed by atoms with Gasteiger partial charge in [-0.2, -0.15) is 0 Å². The summed E-state index contributed by atoms with van der Waals surface area (Å²) in [6, 6.07) is 7.16. The molecule has 0 aliphatic carbocycles. The van der Waals surface area contributed by atoms with Crippen LogP contribution in [0.25, 0.3) is 0 Å². The number of nitrogens with one attached hydrogen (secondary N) is 2. The summed E-state index contributed by atoms with van der Waals surface area (Å²) in [4.78, 5) is 22.2. The van der Waals surface area contributed by atoms with Gasteiger partial charge in [-0.05, 0) is 19.1 Å². The third-order valence-corrected chi connectivity index (χ3v) is 3.87. The van der Waals surface area contributed by atoms with Gasteiger partial charge in [-0.25, -0.2) is 13.1 Å². The monoisotopic (exact) mass is 300 g/mol. The van der Waals surface area contributed by atoms with Crippen LogP contribution < -0.4 is 10.0 Å². The Morgan fingerprint density at radius 3 is 2.40 bits per heavy atom. The fraction of sp³-hybridized carbons (Fsp3) is 0.333. The van der Waals surface area contributed by atoms with E-state index in [4.69, 9.17) is 5.11 Å². The first-order chi connectivity index (χ1) is 9.32. The normalized spacial score (nSPS) is 12.7. The molecule has 0 bridgehead atoms. The molecule has 0 saturated heterocycles. The van der Waals surface area contributed by atoms with Crippen molar-refractivity contribution < 1.29 is 23.1 Å². The molecule has 0 heterocycles. The first-order valence-corrected chi connectivity index (χ1v) is 7.53. The van der Waals surface area contributed by atoms with Crippen LogP contribution in [0.3, 0.4) is 0 Å². The van der Waals surface area contributed by atoms with Gasteiger partial charge in [0.15, 0.2) is 0 Å². The fourth-order valence-electron chi connectivity index (χ4n) is 1.37. The highest BCUT2D eigenvalue weighted by Crippen LogP contribution is 1.97. The highest BCUT2D eigenvalue weighted by molar-refractivity contribution is 7.89. The summed E-state index contributed by atoms with van der Waals surface area (Å²) in [6.45, 7) is 1.12. The van der Waals surface area contributed by atoms with Crippen molar-refractivity contribution in [2.24, 2.45) is 0 Å². The number of benzene rings is 1. The number of aliphatic carboxylic acids is 1. The maximum atomic E-state index is 11.6. The van der Waals surface area contributed by atoms with Gasteiger partial charge in [0, 0.05) is 12.1 Å². The summed E-state index contributed by atoms with van der Waals surface area (Å²) < 4.78 is 25.1. The minimum Gasteiger partial charge on any atom is -0.480 e. The molecule has 0 unspecified atom stereocenters. The van der Waals surface area contributed by atoms with Gasteiger partial charge in [-0.1, -0.05) is 18.2 Å². The van der Waals surface area contributed by atoms with E-state index in [2.05, 4.69) is 5.32 Å². The third kappa shape index (κ3) is 5.37. The van der Waals surface area contributed by atoms with Crippen LogP contribution >= 0.6 is 0 Å². The Kier molecular flexibility index (Phi) is 5.66. The number of rotatable bonds is 7. The minimum absolute atomic E-state index is 0.102. The number of hydrogen-bond acceptors (Lipinski definition) is 4. The molecule has 1 atom stereocenters. The molecule has 110 valence electrons. The zero-order valence-electron chi connectivity index (χ0n) is 10.9. The minimum atomic E-state index is -3.75. The van der Waals surface area contributed by atoms with Crippen molar-refractivity contribution in [1.82, 2.24) is 10.0 Å². The Morgan fingerprint density at radius 1 is 1.25 bits per heavy atom. The molecule has 1 amide bonds. The Bertz CT molecular complexity index is 571. The predicted octanol–water partition coefficient (Wildman–Crippen LogP) is -0.191. The second kappa shape index (κ2) is 7.01. The number of carboxylic acid groups (broad SMARTS) is 1. The predicted molar refractivity (Wildman–Crippen MR) is 72.8 cm³/mol. The van der Waals surface area contributed by atoms with E-state index in [0.29, 0.717) is 5.56 Å². The second-order valence-corrected chi connectivity index (χ2v) is 5.99. The lowest BCUT2D eigenvalue weighted by molar-refractivity contribution is -0.138. The van der Waals surface area contributed by atoms with Crippen LogP contribution in [0, 0.1) is 0 Å². The van der Waals surface area contributed by atoms with Crippen molar-refractivity contribution in [3.63, 3.8) is 0 Å². The van der Waals surface area contributed by atoms with E-state index in [0.717, 1.165) is 0 Å². The van der Waals surface area contributed by atoms with E-state index in [1.54, 1.807) is 30.3 Å². The number of carboxylic acids is 1. The van der Waals surface area contributed by atoms with Crippen molar-refractivity contribution in [2.45, 2.75) is 13.0 Å². The van der Waals surface area contributed by atoms with E-state index in [1.807, 2.05) is 4.72 Å². The van der Waals surface area contributed by atoms with Crippen LogP contribution in [0.15, 0.2) is 30.3 Å². The third-order valence-electron chi connectivity index (χ3n) is 2.42. The second-order valence-electron chi connectivity index (χ2n) is 4.12. The largest absolute Gasteiger partial charge is 0.480 e. The summed E-state index contributed by atoms with van der Waals surface area (Å²) >= 11 is 0. The van der Waals surface area contributed by atoms with Gasteiger partial charge in [-0.3, -0.25) is 9.59 Å². The van der Waals surface area contributed by atoms with Gasteiger partial charge in [0.2, 0.25) is 10.0 Å². The Morgan fingerprint density at radius 2 is 1.85 bits per heavy atom. The molecule has 0 fully saturated rings. The van der Waals surface area contributed by atoms with Crippen molar-refractivity contribution in [3.8, 4) is 0 Å². The van der Waals surface area contributed by atoms with Crippen molar-refractivity contribution >= 4 is 21.9 Å². The number of carbonyl (C=O) groups excluding carboxylic acids is 1. The SMILES string of the molecule is C[C@H](NS(=O)(=O)CCNC(=O)c1ccccc1)C(=O)O. The Labute approximate surface area is 117 Å². The average Bonchev–Trinajstić information content (AvgIpc) is 2.38. The highest BCUT2D eigenvalue weighted by Gasteiger charge is 2.19. The molecule has 0 spiro atoms. The van der Waals surface area contributed by atoms with Gasteiger partial charge < -0.3 is 10.4 Å². The topological polar surface area (TPSA) is 113 Å².